The third-order valence-corrected chi connectivity index (χ3v) is 8.02. The van der Waals surface area contributed by atoms with Crippen molar-refractivity contribution in [2.75, 3.05) is 11.5 Å². The van der Waals surface area contributed by atoms with Gasteiger partial charge in [0.15, 0.2) is 15.0 Å². The number of hydrogen-bond donors (Lipinski definition) is 0. The molecule has 0 bridgehead atoms. The van der Waals surface area contributed by atoms with Crippen molar-refractivity contribution in [2.24, 2.45) is 4.99 Å². The molecular formula is C19H18ClN3O4S2. The van der Waals surface area contributed by atoms with Crippen LogP contribution in [0.15, 0.2) is 53.5 Å². The van der Waals surface area contributed by atoms with Crippen LogP contribution in [0.1, 0.15) is 11.1 Å². The van der Waals surface area contributed by atoms with Gasteiger partial charge in [-0.05, 0) is 23.3 Å². The highest BCUT2D eigenvalue weighted by Gasteiger charge is 2.46. The van der Waals surface area contributed by atoms with E-state index in [4.69, 9.17) is 16.6 Å². The number of halogens is 1. The predicted octanol–water partition coefficient (Wildman–Crippen LogP) is 3.52. The monoisotopic (exact) mass is 451 g/mol. The number of nitro groups is 1. The Morgan fingerprint density at radius 1 is 1.10 bits per heavy atom. The zero-order valence-corrected chi connectivity index (χ0v) is 17.7. The number of sulfone groups is 1. The molecule has 4 rings (SSSR count). The molecular weight excluding hydrogens is 434 g/mol. The average Bonchev–Trinajstić information content (AvgIpc) is 3.14. The van der Waals surface area contributed by atoms with Gasteiger partial charge in [-0.2, -0.15) is 0 Å². The lowest BCUT2D eigenvalue weighted by atomic mass is 10.1. The zero-order valence-electron chi connectivity index (χ0n) is 15.3. The molecule has 2 aliphatic rings. The smallest absolute Gasteiger partial charge is 0.269 e. The minimum absolute atomic E-state index is 0.0565. The first kappa shape index (κ1) is 20.2. The quantitative estimate of drug-likeness (QED) is 0.510. The summed E-state index contributed by atoms with van der Waals surface area (Å²) in [5.41, 5.74) is 2.03. The second kappa shape index (κ2) is 7.97. The van der Waals surface area contributed by atoms with Crippen LogP contribution in [0, 0.1) is 10.1 Å². The van der Waals surface area contributed by atoms with Gasteiger partial charge in [0.1, 0.15) is 0 Å². The van der Waals surface area contributed by atoms with E-state index in [-0.39, 0.29) is 29.3 Å². The largest absolute Gasteiger partial charge is 0.341 e. The number of nitro benzene ring substituents is 1. The molecule has 0 amide bonds. The zero-order chi connectivity index (χ0) is 20.6. The van der Waals surface area contributed by atoms with Crippen molar-refractivity contribution < 1.29 is 13.3 Å². The Bertz CT molecular complexity index is 1060. The van der Waals surface area contributed by atoms with Gasteiger partial charge in [-0.15, -0.1) is 0 Å². The molecule has 0 spiro atoms. The predicted molar refractivity (Wildman–Crippen MR) is 115 cm³/mol. The lowest BCUT2D eigenvalue weighted by Crippen LogP contribution is -2.38. The van der Waals surface area contributed by atoms with E-state index in [1.807, 2.05) is 24.3 Å². The fraction of sp³-hybridized carbons (Fsp3) is 0.316. The van der Waals surface area contributed by atoms with Gasteiger partial charge in [0, 0.05) is 29.5 Å². The van der Waals surface area contributed by atoms with Crippen molar-refractivity contribution in [3.05, 3.63) is 74.8 Å². The fourth-order valence-electron chi connectivity index (χ4n) is 3.54. The molecule has 1 saturated heterocycles. The molecule has 2 aromatic rings. The minimum Gasteiger partial charge on any atom is -0.341 e. The summed E-state index contributed by atoms with van der Waals surface area (Å²) in [6.45, 7) is 0.556. The number of rotatable bonds is 5. The summed E-state index contributed by atoms with van der Waals surface area (Å²) < 4.78 is 24.2. The first-order valence-corrected chi connectivity index (χ1v) is 12.1. The third kappa shape index (κ3) is 4.57. The second-order valence-corrected chi connectivity index (χ2v) is 10.6. The SMILES string of the molecule is O=[N+]([O-])c1ccc(CSC2=N[C@@H]3CS(=O)(=O)C[C@@H]3N2Cc2ccc(Cl)cc2)cc1. The second-order valence-electron chi connectivity index (χ2n) is 7.09. The van der Waals surface area contributed by atoms with Gasteiger partial charge in [-0.25, -0.2) is 8.42 Å². The molecule has 0 unspecified atom stereocenters. The molecule has 10 heteroatoms. The number of fused-ring (bicyclic) bond motifs is 1. The number of amidine groups is 1. The van der Waals surface area contributed by atoms with Crippen LogP contribution in [0.3, 0.4) is 0 Å². The Labute approximate surface area is 177 Å². The van der Waals surface area contributed by atoms with E-state index in [2.05, 4.69) is 4.90 Å². The van der Waals surface area contributed by atoms with Gasteiger partial charge < -0.3 is 4.90 Å². The van der Waals surface area contributed by atoms with Crippen molar-refractivity contribution in [1.82, 2.24) is 4.90 Å². The van der Waals surface area contributed by atoms with Crippen LogP contribution in [0.4, 0.5) is 5.69 Å². The molecule has 2 aromatic carbocycles. The van der Waals surface area contributed by atoms with Crippen LogP contribution < -0.4 is 0 Å². The van der Waals surface area contributed by atoms with Crippen LogP contribution in [-0.4, -0.2) is 47.0 Å². The molecule has 0 aliphatic carbocycles. The van der Waals surface area contributed by atoms with Crippen LogP contribution >= 0.6 is 23.4 Å². The minimum atomic E-state index is -3.08. The maximum absolute atomic E-state index is 12.1. The molecule has 2 atom stereocenters. The van der Waals surface area contributed by atoms with Crippen molar-refractivity contribution >= 4 is 44.1 Å². The van der Waals surface area contributed by atoms with Gasteiger partial charge >= 0.3 is 0 Å². The van der Waals surface area contributed by atoms with Crippen LogP contribution in [0.2, 0.25) is 5.02 Å². The van der Waals surface area contributed by atoms with E-state index in [0.717, 1.165) is 16.3 Å². The van der Waals surface area contributed by atoms with Crippen molar-refractivity contribution in [1.29, 1.82) is 0 Å². The van der Waals surface area contributed by atoms with Crippen molar-refractivity contribution in [3.63, 3.8) is 0 Å². The van der Waals surface area contributed by atoms with Crippen LogP contribution in [0.5, 0.6) is 0 Å². The molecule has 2 heterocycles. The summed E-state index contributed by atoms with van der Waals surface area (Å²) in [7, 11) is -3.08. The molecule has 0 saturated carbocycles. The van der Waals surface area contributed by atoms with Gasteiger partial charge in [0.2, 0.25) is 0 Å². The number of aliphatic imine (C=N–C) groups is 1. The Morgan fingerprint density at radius 2 is 1.76 bits per heavy atom. The lowest BCUT2D eigenvalue weighted by Gasteiger charge is -2.26. The number of thioether (sulfide) groups is 1. The Balaban J connectivity index is 1.51. The van der Waals surface area contributed by atoms with Gasteiger partial charge in [-0.3, -0.25) is 15.1 Å². The van der Waals surface area contributed by atoms with E-state index in [9.17, 15) is 18.5 Å². The van der Waals surface area contributed by atoms with Crippen molar-refractivity contribution in [2.45, 2.75) is 24.4 Å². The standard InChI is InChI=1S/C19H18ClN3O4S2/c20-15-5-1-13(2-6-15)9-22-18-12-29(26,27)11-17(18)21-19(22)28-10-14-3-7-16(8-4-14)23(24)25/h1-8,17-18H,9-12H2/t17-,18+/m1/s1. The average molecular weight is 452 g/mol. The molecule has 1 fully saturated rings. The number of benzene rings is 2. The number of non-ortho nitro benzene ring substituents is 1. The molecule has 0 radical (unpaired) electrons. The fourth-order valence-corrected chi connectivity index (χ4v) is 6.61. The van der Waals surface area contributed by atoms with Gasteiger partial charge in [0.05, 0.1) is 28.5 Å². The highest BCUT2D eigenvalue weighted by molar-refractivity contribution is 8.13. The van der Waals surface area contributed by atoms with Gasteiger partial charge in [0.25, 0.3) is 5.69 Å². The first-order chi connectivity index (χ1) is 13.8. The van der Waals surface area contributed by atoms with Crippen LogP contribution in [-0.2, 0) is 22.1 Å². The summed E-state index contributed by atoms with van der Waals surface area (Å²) >= 11 is 7.49. The van der Waals surface area contributed by atoms with E-state index >= 15 is 0 Å². The summed E-state index contributed by atoms with van der Waals surface area (Å²) in [6, 6.07) is 13.5. The molecule has 29 heavy (non-hydrogen) atoms. The summed E-state index contributed by atoms with van der Waals surface area (Å²) in [5, 5.41) is 12.3. The van der Waals surface area contributed by atoms with E-state index in [0.29, 0.717) is 17.3 Å². The number of nitrogens with zero attached hydrogens (tertiary/aromatic N) is 3. The highest BCUT2D eigenvalue weighted by Crippen LogP contribution is 2.33. The van der Waals surface area contributed by atoms with Crippen molar-refractivity contribution in [3.8, 4) is 0 Å². The summed E-state index contributed by atoms with van der Waals surface area (Å²) in [6.07, 6.45) is 0. The maximum Gasteiger partial charge on any atom is 0.269 e. The molecule has 7 nitrogen and oxygen atoms in total. The van der Waals surface area contributed by atoms with Gasteiger partial charge in [-0.1, -0.05) is 47.6 Å². The normalized spacial score (nSPS) is 22.4. The van der Waals surface area contributed by atoms with E-state index in [1.165, 1.54) is 23.9 Å². The first-order valence-electron chi connectivity index (χ1n) is 8.96. The topological polar surface area (TPSA) is 92.9 Å². The highest BCUT2D eigenvalue weighted by atomic mass is 35.5. The molecule has 2 aliphatic heterocycles. The Morgan fingerprint density at radius 3 is 2.41 bits per heavy atom. The number of hydrogen-bond acceptors (Lipinski definition) is 7. The Kier molecular flexibility index (Phi) is 5.54. The summed E-state index contributed by atoms with van der Waals surface area (Å²) in [4.78, 5) is 17.1. The molecule has 152 valence electrons. The van der Waals surface area contributed by atoms with Crippen LogP contribution in [0.25, 0.3) is 0 Å². The summed E-state index contributed by atoms with van der Waals surface area (Å²) in [5.74, 6) is 0.785. The van der Waals surface area contributed by atoms with E-state index < -0.39 is 14.8 Å². The maximum atomic E-state index is 12.1. The molecule has 0 N–H and O–H groups in total. The Hall–Kier alpha value is -2.10. The molecule has 0 aromatic heterocycles. The van der Waals surface area contributed by atoms with E-state index in [1.54, 1.807) is 12.1 Å². The lowest BCUT2D eigenvalue weighted by molar-refractivity contribution is -0.384. The third-order valence-electron chi connectivity index (χ3n) is 5.00.